The maximum atomic E-state index is 13.1. The van der Waals surface area contributed by atoms with E-state index in [1.165, 1.54) is 0 Å². The van der Waals surface area contributed by atoms with E-state index in [0.717, 1.165) is 33.3 Å². The third-order valence-electron chi connectivity index (χ3n) is 5.84. The molecule has 32 heavy (non-hydrogen) atoms. The van der Waals surface area contributed by atoms with Gasteiger partial charge in [0.2, 0.25) is 0 Å². The second kappa shape index (κ2) is 7.12. The van der Waals surface area contributed by atoms with E-state index in [1.54, 1.807) is 15.4 Å². The van der Waals surface area contributed by atoms with Crippen molar-refractivity contribution in [3.63, 3.8) is 0 Å². The minimum atomic E-state index is -0.223. The van der Waals surface area contributed by atoms with E-state index < -0.39 is 0 Å². The number of fused-ring (bicyclic) bond motifs is 4. The zero-order valence-electron chi connectivity index (χ0n) is 17.4. The Kier molecular flexibility index (Phi) is 4.10. The SMILES string of the molecule is Cc1nn2c(nnc3c(=O)n(CCc4c[nH]c5ccccc45)cnc32)c1-c1ccccc1. The van der Waals surface area contributed by atoms with Crippen molar-refractivity contribution in [2.75, 3.05) is 0 Å². The highest BCUT2D eigenvalue weighted by molar-refractivity contribution is 5.84. The fourth-order valence-corrected chi connectivity index (χ4v) is 4.25. The lowest BCUT2D eigenvalue weighted by molar-refractivity contribution is 0.659. The number of aryl methyl sites for hydroxylation is 3. The van der Waals surface area contributed by atoms with Gasteiger partial charge in [0.25, 0.3) is 5.56 Å². The summed E-state index contributed by atoms with van der Waals surface area (Å²) in [6.07, 6.45) is 4.26. The van der Waals surface area contributed by atoms with Gasteiger partial charge in [-0.15, -0.1) is 10.2 Å². The van der Waals surface area contributed by atoms with Gasteiger partial charge in [0.05, 0.1) is 11.3 Å². The summed E-state index contributed by atoms with van der Waals surface area (Å²) >= 11 is 0. The van der Waals surface area contributed by atoms with Crippen molar-refractivity contribution in [1.82, 2.24) is 34.3 Å². The zero-order valence-corrected chi connectivity index (χ0v) is 17.4. The molecular formula is C24H19N7O. The third kappa shape index (κ3) is 2.80. The first-order valence-corrected chi connectivity index (χ1v) is 10.4. The van der Waals surface area contributed by atoms with Crippen LogP contribution in [0.1, 0.15) is 11.3 Å². The number of aromatic amines is 1. The molecule has 0 fully saturated rings. The number of aromatic nitrogens is 7. The lowest BCUT2D eigenvalue weighted by Crippen LogP contribution is -2.23. The summed E-state index contributed by atoms with van der Waals surface area (Å²) in [5.74, 6) is 0. The highest BCUT2D eigenvalue weighted by Crippen LogP contribution is 2.27. The normalized spacial score (nSPS) is 11.7. The fraction of sp³-hybridized carbons (Fsp3) is 0.125. The molecule has 0 aliphatic heterocycles. The number of H-pyrrole nitrogens is 1. The van der Waals surface area contributed by atoms with Crippen LogP contribution in [0.15, 0.2) is 71.9 Å². The standard InChI is InChI=1S/C24H19N7O/c1-15-20(16-7-3-2-4-8-16)22-28-27-21-23(31(22)29-15)26-14-30(24(21)32)12-11-17-13-25-19-10-6-5-9-18(17)19/h2-10,13-14,25H,11-12H2,1H3. The van der Waals surface area contributed by atoms with Gasteiger partial charge in [0, 0.05) is 23.6 Å². The molecule has 0 spiro atoms. The number of nitrogens with zero attached hydrogens (tertiary/aromatic N) is 6. The first-order chi connectivity index (χ1) is 15.7. The maximum absolute atomic E-state index is 13.1. The highest BCUT2D eigenvalue weighted by atomic mass is 16.1. The number of rotatable bonds is 4. The second-order valence-electron chi connectivity index (χ2n) is 7.79. The van der Waals surface area contributed by atoms with Crippen molar-refractivity contribution in [1.29, 1.82) is 0 Å². The Hall–Kier alpha value is -4.33. The molecule has 0 unspecified atom stereocenters. The smallest absolute Gasteiger partial charge is 0.283 e. The molecule has 156 valence electrons. The number of hydrogen-bond donors (Lipinski definition) is 1. The van der Waals surface area contributed by atoms with Crippen molar-refractivity contribution in [2.24, 2.45) is 0 Å². The van der Waals surface area contributed by atoms with E-state index in [9.17, 15) is 4.79 Å². The quantitative estimate of drug-likeness (QED) is 0.470. The summed E-state index contributed by atoms with van der Waals surface area (Å²) in [6.45, 7) is 2.42. The molecule has 0 aliphatic carbocycles. The predicted molar refractivity (Wildman–Crippen MR) is 123 cm³/mol. The number of para-hydroxylation sites is 1. The molecule has 0 bridgehead atoms. The molecule has 2 aromatic carbocycles. The average molecular weight is 421 g/mol. The Morgan fingerprint density at radius 1 is 0.969 bits per heavy atom. The van der Waals surface area contributed by atoms with Gasteiger partial charge in [-0.25, -0.2) is 4.98 Å². The lowest BCUT2D eigenvalue weighted by atomic mass is 10.1. The maximum Gasteiger partial charge on any atom is 0.283 e. The average Bonchev–Trinajstić information content (AvgIpc) is 3.39. The third-order valence-corrected chi connectivity index (χ3v) is 5.84. The summed E-state index contributed by atoms with van der Waals surface area (Å²) in [7, 11) is 0. The molecule has 0 saturated carbocycles. The van der Waals surface area contributed by atoms with Gasteiger partial charge in [-0.2, -0.15) is 9.61 Å². The van der Waals surface area contributed by atoms with Crippen molar-refractivity contribution < 1.29 is 0 Å². The van der Waals surface area contributed by atoms with E-state index in [1.807, 2.05) is 61.7 Å². The Morgan fingerprint density at radius 2 is 1.78 bits per heavy atom. The first-order valence-electron chi connectivity index (χ1n) is 10.4. The van der Waals surface area contributed by atoms with Gasteiger partial charge in [0.15, 0.2) is 16.8 Å². The van der Waals surface area contributed by atoms with Gasteiger partial charge in [-0.05, 0) is 30.5 Å². The molecule has 4 aromatic heterocycles. The van der Waals surface area contributed by atoms with Gasteiger partial charge in [-0.3, -0.25) is 9.36 Å². The van der Waals surface area contributed by atoms with Crippen LogP contribution in [-0.2, 0) is 13.0 Å². The summed E-state index contributed by atoms with van der Waals surface area (Å²) in [5.41, 5.74) is 5.93. The van der Waals surface area contributed by atoms with Crippen LogP contribution >= 0.6 is 0 Å². The van der Waals surface area contributed by atoms with E-state index in [-0.39, 0.29) is 11.1 Å². The molecule has 0 saturated heterocycles. The van der Waals surface area contributed by atoms with Crippen molar-refractivity contribution >= 4 is 27.7 Å². The Bertz CT molecular complexity index is 1660. The van der Waals surface area contributed by atoms with E-state index >= 15 is 0 Å². The van der Waals surface area contributed by atoms with Crippen LogP contribution in [0.4, 0.5) is 0 Å². The van der Waals surface area contributed by atoms with Crippen LogP contribution in [0.3, 0.4) is 0 Å². The summed E-state index contributed by atoms with van der Waals surface area (Å²) in [6, 6.07) is 18.0. The molecule has 0 atom stereocenters. The molecule has 8 nitrogen and oxygen atoms in total. The largest absolute Gasteiger partial charge is 0.361 e. The molecule has 0 amide bonds. The van der Waals surface area contributed by atoms with Crippen molar-refractivity contribution in [3.8, 4) is 11.1 Å². The molecule has 6 rings (SSSR count). The lowest BCUT2D eigenvalue weighted by Gasteiger charge is -2.06. The van der Waals surface area contributed by atoms with Gasteiger partial charge in [0.1, 0.15) is 6.33 Å². The summed E-state index contributed by atoms with van der Waals surface area (Å²) < 4.78 is 3.20. The first kappa shape index (κ1) is 18.4. The molecule has 6 aromatic rings. The topological polar surface area (TPSA) is 93.8 Å². The number of benzene rings is 2. The Balaban J connectivity index is 1.41. The van der Waals surface area contributed by atoms with Crippen molar-refractivity contribution in [2.45, 2.75) is 19.9 Å². The number of hydrogen-bond acceptors (Lipinski definition) is 5. The summed E-state index contributed by atoms with van der Waals surface area (Å²) in [5, 5.41) is 14.4. The van der Waals surface area contributed by atoms with Crippen LogP contribution in [-0.4, -0.2) is 34.3 Å². The Morgan fingerprint density at radius 3 is 2.66 bits per heavy atom. The molecule has 0 radical (unpaired) electrons. The summed E-state index contributed by atoms with van der Waals surface area (Å²) in [4.78, 5) is 20.9. The predicted octanol–water partition coefficient (Wildman–Crippen LogP) is 3.53. The second-order valence-corrected chi connectivity index (χ2v) is 7.79. The molecule has 1 N–H and O–H groups in total. The van der Waals surface area contributed by atoms with Gasteiger partial charge >= 0.3 is 0 Å². The van der Waals surface area contributed by atoms with Crippen LogP contribution in [0.25, 0.3) is 38.8 Å². The van der Waals surface area contributed by atoms with E-state index in [0.29, 0.717) is 24.3 Å². The van der Waals surface area contributed by atoms with E-state index in [2.05, 4.69) is 31.3 Å². The zero-order chi connectivity index (χ0) is 21.7. The molecular weight excluding hydrogens is 402 g/mol. The highest BCUT2D eigenvalue weighted by Gasteiger charge is 2.18. The van der Waals surface area contributed by atoms with Crippen LogP contribution in [0.5, 0.6) is 0 Å². The van der Waals surface area contributed by atoms with Gasteiger partial charge < -0.3 is 4.98 Å². The van der Waals surface area contributed by atoms with Crippen LogP contribution in [0.2, 0.25) is 0 Å². The molecule has 4 heterocycles. The minimum absolute atomic E-state index is 0.209. The van der Waals surface area contributed by atoms with Crippen LogP contribution in [0, 0.1) is 6.92 Å². The monoisotopic (exact) mass is 421 g/mol. The molecule has 8 heteroatoms. The minimum Gasteiger partial charge on any atom is -0.361 e. The fourth-order valence-electron chi connectivity index (χ4n) is 4.25. The number of nitrogens with one attached hydrogen (secondary N) is 1. The van der Waals surface area contributed by atoms with E-state index in [4.69, 9.17) is 0 Å². The van der Waals surface area contributed by atoms with Crippen LogP contribution < -0.4 is 5.56 Å². The Labute approximate surface area is 182 Å². The molecule has 0 aliphatic rings. The van der Waals surface area contributed by atoms with Gasteiger partial charge in [-0.1, -0.05) is 48.5 Å². The van der Waals surface area contributed by atoms with Crippen molar-refractivity contribution in [3.05, 3.63) is 88.7 Å².